The number of methoxy groups -OCH3 is 1. The van der Waals surface area contributed by atoms with Gasteiger partial charge in [-0.3, -0.25) is 4.57 Å². The number of nitrogen functional groups attached to an aromatic ring is 1. The van der Waals surface area contributed by atoms with Crippen LogP contribution < -0.4 is 5.73 Å². The second kappa shape index (κ2) is 5.48. The minimum atomic E-state index is -0.500. The first-order valence-electron chi connectivity index (χ1n) is 6.62. The maximum absolute atomic E-state index is 12.1. The van der Waals surface area contributed by atoms with E-state index in [0.29, 0.717) is 23.5 Å². The molecule has 6 nitrogen and oxygen atoms in total. The molecule has 0 bridgehead atoms. The molecule has 0 aliphatic heterocycles. The highest BCUT2D eigenvalue weighted by atomic mass is 16.5. The fourth-order valence-corrected chi connectivity index (χ4v) is 2.30. The minimum Gasteiger partial charge on any atom is -0.467 e. The zero-order valence-corrected chi connectivity index (χ0v) is 12.3. The fraction of sp³-hybridized carbons (Fsp3) is 0.500. The van der Waals surface area contributed by atoms with E-state index in [1.165, 1.54) is 7.11 Å². The number of imidazole rings is 1. The number of nitrogens with two attached hydrogens (primary N) is 1. The molecule has 1 atom stereocenters. The number of carbonyl (C=O) groups is 1. The highest BCUT2D eigenvalue weighted by molar-refractivity contribution is 5.81. The number of aromatic nitrogens is 3. The molecule has 0 saturated carbocycles. The summed E-state index contributed by atoms with van der Waals surface area (Å²) in [5.41, 5.74) is 8.29. The van der Waals surface area contributed by atoms with Gasteiger partial charge in [-0.1, -0.05) is 13.8 Å². The number of anilines is 1. The van der Waals surface area contributed by atoms with Crippen LogP contribution in [-0.4, -0.2) is 27.6 Å². The number of hydrogen-bond donors (Lipinski definition) is 1. The quantitative estimate of drug-likeness (QED) is 0.864. The average molecular weight is 276 g/mol. The van der Waals surface area contributed by atoms with Crippen molar-refractivity contribution in [1.29, 1.82) is 0 Å². The lowest BCUT2D eigenvalue weighted by Crippen LogP contribution is -2.24. The Morgan fingerprint density at radius 1 is 1.50 bits per heavy atom. The molecule has 0 aliphatic carbocycles. The second-order valence-electron chi connectivity index (χ2n) is 5.36. The van der Waals surface area contributed by atoms with Crippen LogP contribution >= 0.6 is 0 Å². The molecule has 2 N–H and O–H groups in total. The Morgan fingerprint density at radius 2 is 2.20 bits per heavy atom. The van der Waals surface area contributed by atoms with Gasteiger partial charge in [-0.05, 0) is 30.9 Å². The summed E-state index contributed by atoms with van der Waals surface area (Å²) in [5.74, 6) is 0.280. The van der Waals surface area contributed by atoms with Crippen LogP contribution in [0.4, 0.5) is 5.95 Å². The van der Waals surface area contributed by atoms with Crippen molar-refractivity contribution in [2.24, 2.45) is 5.92 Å². The van der Waals surface area contributed by atoms with Gasteiger partial charge < -0.3 is 10.5 Å². The predicted octanol–water partition coefficient (Wildman–Crippen LogP) is 2.08. The van der Waals surface area contributed by atoms with E-state index in [1.54, 1.807) is 10.8 Å². The van der Waals surface area contributed by atoms with Crippen LogP contribution in [0.25, 0.3) is 11.2 Å². The normalized spacial score (nSPS) is 12.8. The molecule has 0 spiro atoms. The number of pyridine rings is 1. The van der Waals surface area contributed by atoms with Crippen molar-refractivity contribution in [3.63, 3.8) is 0 Å². The lowest BCUT2D eigenvalue weighted by molar-refractivity contribution is -0.145. The molecular formula is C14H20N4O2. The van der Waals surface area contributed by atoms with E-state index in [-0.39, 0.29) is 11.9 Å². The fourth-order valence-electron chi connectivity index (χ4n) is 2.30. The van der Waals surface area contributed by atoms with Gasteiger partial charge in [-0.2, -0.15) is 0 Å². The van der Waals surface area contributed by atoms with Gasteiger partial charge in [0.1, 0.15) is 11.6 Å². The molecule has 108 valence electrons. The van der Waals surface area contributed by atoms with Crippen molar-refractivity contribution >= 4 is 23.1 Å². The Balaban J connectivity index is 2.57. The van der Waals surface area contributed by atoms with Gasteiger partial charge in [0.15, 0.2) is 5.65 Å². The first-order valence-corrected chi connectivity index (χ1v) is 6.62. The van der Waals surface area contributed by atoms with Gasteiger partial charge in [-0.25, -0.2) is 14.8 Å². The van der Waals surface area contributed by atoms with Gasteiger partial charge in [0.25, 0.3) is 0 Å². The smallest absolute Gasteiger partial charge is 0.329 e. The number of aryl methyl sites for hydroxylation is 1. The first-order chi connectivity index (χ1) is 9.43. The highest BCUT2D eigenvalue weighted by Gasteiger charge is 2.27. The molecule has 2 aromatic rings. The molecular weight excluding hydrogens is 256 g/mol. The Bertz CT molecular complexity index is 633. The van der Waals surface area contributed by atoms with Gasteiger partial charge in [0.05, 0.1) is 7.11 Å². The van der Waals surface area contributed by atoms with E-state index in [1.807, 2.05) is 26.8 Å². The number of ether oxygens (including phenoxy) is 1. The number of hydrogen-bond acceptors (Lipinski definition) is 5. The number of nitrogens with zero attached hydrogens (tertiary/aromatic N) is 3. The zero-order valence-electron chi connectivity index (χ0n) is 12.3. The molecule has 6 heteroatoms. The SMILES string of the molecule is COC(=O)C(CC(C)C)n1c(N)nc2cc(C)cnc21. The standard InChI is InChI=1S/C14H20N4O2/c1-8(2)5-11(13(19)20-4)18-12-10(17-14(18)15)6-9(3)7-16-12/h6-8,11H,5H2,1-4H3,(H2,15,17). The van der Waals surface area contributed by atoms with Gasteiger partial charge in [0, 0.05) is 6.20 Å². The molecule has 2 rings (SSSR count). The van der Waals surface area contributed by atoms with Gasteiger partial charge >= 0.3 is 5.97 Å². The topological polar surface area (TPSA) is 83.0 Å². The summed E-state index contributed by atoms with van der Waals surface area (Å²) in [5, 5.41) is 0. The van der Waals surface area contributed by atoms with E-state index in [9.17, 15) is 4.79 Å². The largest absolute Gasteiger partial charge is 0.467 e. The highest BCUT2D eigenvalue weighted by Crippen LogP contribution is 2.27. The van der Waals surface area contributed by atoms with Gasteiger partial charge in [-0.15, -0.1) is 0 Å². The van der Waals surface area contributed by atoms with Gasteiger partial charge in [0.2, 0.25) is 5.95 Å². The van der Waals surface area contributed by atoms with E-state index >= 15 is 0 Å². The summed E-state index contributed by atoms with van der Waals surface area (Å²) in [6.07, 6.45) is 2.36. The minimum absolute atomic E-state index is 0.286. The molecule has 1 unspecified atom stereocenters. The third-order valence-corrected chi connectivity index (χ3v) is 3.17. The Kier molecular flexibility index (Phi) is 3.92. The monoisotopic (exact) mass is 276 g/mol. The van der Waals surface area contributed by atoms with Crippen molar-refractivity contribution in [2.75, 3.05) is 12.8 Å². The molecule has 0 aromatic carbocycles. The molecule has 2 heterocycles. The lowest BCUT2D eigenvalue weighted by Gasteiger charge is -2.19. The maximum Gasteiger partial charge on any atom is 0.329 e. The van der Waals surface area contributed by atoms with Crippen LogP contribution in [-0.2, 0) is 9.53 Å². The molecule has 0 saturated heterocycles. The van der Waals surface area contributed by atoms with E-state index in [4.69, 9.17) is 10.5 Å². The molecule has 0 amide bonds. The summed E-state index contributed by atoms with van der Waals surface area (Å²) < 4.78 is 6.56. The molecule has 0 fully saturated rings. The number of fused-ring (bicyclic) bond motifs is 1. The number of carbonyl (C=O) groups excluding carboxylic acids is 1. The molecule has 0 radical (unpaired) electrons. The Hall–Kier alpha value is -2.11. The first kappa shape index (κ1) is 14.3. The lowest BCUT2D eigenvalue weighted by atomic mass is 10.0. The summed E-state index contributed by atoms with van der Waals surface area (Å²) in [7, 11) is 1.38. The van der Waals surface area contributed by atoms with Crippen LogP contribution in [0.5, 0.6) is 0 Å². The van der Waals surface area contributed by atoms with Crippen LogP contribution in [0.2, 0.25) is 0 Å². The van der Waals surface area contributed by atoms with Crippen LogP contribution in [0, 0.1) is 12.8 Å². The molecule has 2 aromatic heterocycles. The molecule has 0 aliphatic rings. The van der Waals surface area contributed by atoms with Crippen molar-refractivity contribution in [2.45, 2.75) is 33.2 Å². The predicted molar refractivity (Wildman–Crippen MR) is 77.2 cm³/mol. The second-order valence-corrected chi connectivity index (χ2v) is 5.36. The van der Waals surface area contributed by atoms with E-state index < -0.39 is 6.04 Å². The van der Waals surface area contributed by atoms with E-state index in [0.717, 1.165) is 5.56 Å². The third kappa shape index (κ3) is 2.59. The summed E-state index contributed by atoms with van der Waals surface area (Å²) in [6.45, 7) is 6.03. The van der Waals surface area contributed by atoms with E-state index in [2.05, 4.69) is 9.97 Å². The van der Waals surface area contributed by atoms with Crippen molar-refractivity contribution < 1.29 is 9.53 Å². The van der Waals surface area contributed by atoms with Crippen molar-refractivity contribution in [3.8, 4) is 0 Å². The van der Waals surface area contributed by atoms with Crippen molar-refractivity contribution in [3.05, 3.63) is 17.8 Å². The van der Waals surface area contributed by atoms with Crippen LogP contribution in [0.15, 0.2) is 12.3 Å². The average Bonchev–Trinajstić information content (AvgIpc) is 2.69. The molecule has 20 heavy (non-hydrogen) atoms. The summed E-state index contributed by atoms with van der Waals surface area (Å²) in [4.78, 5) is 20.7. The Morgan fingerprint density at radius 3 is 2.80 bits per heavy atom. The van der Waals surface area contributed by atoms with Crippen LogP contribution in [0.3, 0.4) is 0 Å². The van der Waals surface area contributed by atoms with Crippen LogP contribution in [0.1, 0.15) is 31.9 Å². The Labute approximate surface area is 118 Å². The number of rotatable bonds is 4. The summed E-state index contributed by atoms with van der Waals surface area (Å²) in [6, 6.07) is 1.40. The number of esters is 1. The van der Waals surface area contributed by atoms with Crippen molar-refractivity contribution in [1.82, 2.24) is 14.5 Å². The summed E-state index contributed by atoms with van der Waals surface area (Å²) >= 11 is 0. The third-order valence-electron chi connectivity index (χ3n) is 3.17. The maximum atomic E-state index is 12.1. The zero-order chi connectivity index (χ0) is 14.9.